The Balaban J connectivity index is 1.77. The zero-order valence-corrected chi connectivity index (χ0v) is 15.6. The molecular formula is C16H12Cl2N4O3S. The van der Waals surface area contributed by atoms with E-state index in [1.165, 1.54) is 19.2 Å². The maximum atomic E-state index is 12.5. The number of H-pyrrole nitrogens is 2. The van der Waals surface area contributed by atoms with Crippen LogP contribution >= 0.6 is 35.4 Å². The van der Waals surface area contributed by atoms with Crippen LogP contribution in [0.4, 0.5) is 5.69 Å². The minimum absolute atomic E-state index is 0.0605. The van der Waals surface area contributed by atoms with E-state index in [1.807, 2.05) is 0 Å². The van der Waals surface area contributed by atoms with Crippen LogP contribution in [0, 0.1) is 0 Å². The Morgan fingerprint density at radius 2 is 1.88 bits per heavy atom. The van der Waals surface area contributed by atoms with E-state index in [9.17, 15) is 9.59 Å². The summed E-state index contributed by atoms with van der Waals surface area (Å²) in [7, 11) is 1.40. The second kappa shape index (κ2) is 7.36. The minimum Gasteiger partial charge on any atom is -0.494 e. The van der Waals surface area contributed by atoms with Gasteiger partial charge in [0.25, 0.3) is 5.91 Å². The third kappa shape index (κ3) is 3.82. The van der Waals surface area contributed by atoms with E-state index in [4.69, 9.17) is 40.2 Å². The number of methoxy groups -OCH3 is 1. The molecule has 2 aromatic carbocycles. The fourth-order valence-electron chi connectivity index (χ4n) is 2.38. The van der Waals surface area contributed by atoms with Gasteiger partial charge in [-0.15, -0.1) is 0 Å². The molecule has 1 amide bonds. The Morgan fingerprint density at radius 3 is 2.62 bits per heavy atom. The maximum absolute atomic E-state index is 12.5. The highest BCUT2D eigenvalue weighted by Crippen LogP contribution is 2.32. The van der Waals surface area contributed by atoms with Crippen LogP contribution in [0.25, 0.3) is 11.0 Å². The molecule has 134 valence electrons. The van der Waals surface area contributed by atoms with Crippen LogP contribution in [0.15, 0.2) is 35.1 Å². The number of aromatic amines is 2. The van der Waals surface area contributed by atoms with Gasteiger partial charge in [0.05, 0.1) is 28.7 Å². The molecule has 0 fully saturated rings. The van der Waals surface area contributed by atoms with Crippen molar-refractivity contribution in [3.63, 3.8) is 0 Å². The number of amides is 1. The summed E-state index contributed by atoms with van der Waals surface area (Å²) in [6, 6.07) is 8.01. The molecule has 7 nitrogen and oxygen atoms in total. The maximum Gasteiger partial charge on any atom is 0.323 e. The number of benzene rings is 2. The van der Waals surface area contributed by atoms with Gasteiger partial charge < -0.3 is 20.0 Å². The summed E-state index contributed by atoms with van der Waals surface area (Å²) in [5.74, 6) is -0.331. The first-order valence-electron chi connectivity index (χ1n) is 7.25. The minimum atomic E-state index is -0.528. The Hall–Kier alpha value is -2.55. The van der Waals surface area contributed by atoms with Gasteiger partial charge in [-0.1, -0.05) is 23.2 Å². The van der Waals surface area contributed by atoms with Crippen LogP contribution in [-0.4, -0.2) is 28.1 Å². The molecule has 26 heavy (non-hydrogen) atoms. The summed E-state index contributed by atoms with van der Waals surface area (Å²) >= 11 is 17.1. The lowest BCUT2D eigenvalue weighted by Crippen LogP contribution is -2.34. The molecule has 0 aliphatic heterocycles. The SMILES string of the molecule is COc1c(Cl)cc(Cl)cc1C(=O)NC(=S)Nc1ccc2[nH]c(=O)[nH]c2c1. The van der Waals surface area contributed by atoms with E-state index in [-0.39, 0.29) is 27.1 Å². The monoisotopic (exact) mass is 410 g/mol. The molecule has 0 aliphatic carbocycles. The number of halogens is 2. The molecule has 0 spiro atoms. The number of aromatic nitrogens is 2. The molecular weight excluding hydrogens is 399 g/mol. The number of hydrogen-bond acceptors (Lipinski definition) is 4. The van der Waals surface area contributed by atoms with Crippen molar-refractivity contribution in [3.8, 4) is 5.75 Å². The van der Waals surface area contributed by atoms with Gasteiger partial charge in [-0.05, 0) is 42.5 Å². The largest absolute Gasteiger partial charge is 0.494 e. The first kappa shape index (κ1) is 18.2. The van der Waals surface area contributed by atoms with Crippen molar-refractivity contribution in [2.75, 3.05) is 12.4 Å². The topological polar surface area (TPSA) is 99.0 Å². The second-order valence-electron chi connectivity index (χ2n) is 5.22. The molecule has 3 rings (SSSR count). The molecule has 10 heteroatoms. The van der Waals surface area contributed by atoms with Gasteiger partial charge in [0.1, 0.15) is 5.75 Å². The van der Waals surface area contributed by atoms with Gasteiger partial charge in [-0.2, -0.15) is 0 Å². The summed E-state index contributed by atoms with van der Waals surface area (Å²) in [6.45, 7) is 0. The number of ether oxygens (including phenoxy) is 1. The molecule has 0 bridgehead atoms. The van der Waals surface area contributed by atoms with Crippen molar-refractivity contribution in [2.45, 2.75) is 0 Å². The van der Waals surface area contributed by atoms with E-state index < -0.39 is 5.91 Å². The number of carbonyl (C=O) groups excluding carboxylic acids is 1. The van der Waals surface area contributed by atoms with Crippen molar-refractivity contribution in [3.05, 3.63) is 56.4 Å². The van der Waals surface area contributed by atoms with Gasteiger partial charge in [0.15, 0.2) is 5.11 Å². The van der Waals surface area contributed by atoms with Crippen LogP contribution in [0.2, 0.25) is 10.0 Å². The van der Waals surface area contributed by atoms with Gasteiger partial charge in [0.2, 0.25) is 0 Å². The lowest BCUT2D eigenvalue weighted by molar-refractivity contribution is 0.0975. The molecule has 0 aliphatic rings. The molecule has 0 unspecified atom stereocenters. The van der Waals surface area contributed by atoms with E-state index in [0.717, 1.165) is 0 Å². The zero-order valence-electron chi connectivity index (χ0n) is 13.3. The number of fused-ring (bicyclic) bond motifs is 1. The number of anilines is 1. The summed E-state index contributed by atoms with van der Waals surface area (Å²) in [5, 5.41) is 5.97. The Morgan fingerprint density at radius 1 is 1.15 bits per heavy atom. The van der Waals surface area contributed by atoms with Crippen molar-refractivity contribution in [2.24, 2.45) is 0 Å². The fraction of sp³-hybridized carbons (Fsp3) is 0.0625. The normalized spacial score (nSPS) is 10.6. The molecule has 4 N–H and O–H groups in total. The number of thiocarbonyl (C=S) groups is 1. The molecule has 1 heterocycles. The standard InChI is InChI=1S/C16H12Cl2N4O3S/c1-25-13-9(4-7(17)5-10(13)18)14(23)22-16(26)19-8-2-3-11-12(6-8)21-15(24)20-11/h2-6H,1H3,(H2,20,21,24)(H2,19,22,23,26). The first-order valence-corrected chi connectivity index (χ1v) is 8.41. The Bertz CT molecular complexity index is 1080. The van der Waals surface area contributed by atoms with Crippen molar-refractivity contribution < 1.29 is 9.53 Å². The van der Waals surface area contributed by atoms with Gasteiger partial charge in [-0.3, -0.25) is 10.1 Å². The lowest BCUT2D eigenvalue weighted by atomic mass is 10.2. The molecule has 1 aromatic heterocycles. The van der Waals surface area contributed by atoms with Gasteiger partial charge in [0, 0.05) is 10.7 Å². The number of hydrogen-bond donors (Lipinski definition) is 4. The van der Waals surface area contributed by atoms with Crippen LogP contribution in [0.1, 0.15) is 10.4 Å². The highest BCUT2D eigenvalue weighted by molar-refractivity contribution is 7.80. The molecule has 0 saturated carbocycles. The predicted octanol–water partition coefficient (Wildman–Crippen LogP) is 3.30. The lowest BCUT2D eigenvalue weighted by Gasteiger charge is -2.13. The molecule has 0 radical (unpaired) electrons. The quantitative estimate of drug-likeness (QED) is 0.496. The highest BCUT2D eigenvalue weighted by Gasteiger charge is 2.18. The number of carbonyl (C=O) groups is 1. The first-order chi connectivity index (χ1) is 12.4. The smallest absolute Gasteiger partial charge is 0.323 e. The number of imidazole rings is 1. The molecule has 0 saturated heterocycles. The average molecular weight is 411 g/mol. The Labute approximate surface area is 162 Å². The van der Waals surface area contributed by atoms with Crippen LogP contribution in [-0.2, 0) is 0 Å². The van der Waals surface area contributed by atoms with E-state index in [1.54, 1.807) is 18.2 Å². The number of nitrogens with one attached hydrogen (secondary N) is 4. The molecule has 3 aromatic rings. The van der Waals surface area contributed by atoms with Crippen LogP contribution < -0.4 is 21.1 Å². The van der Waals surface area contributed by atoms with E-state index in [2.05, 4.69) is 20.6 Å². The van der Waals surface area contributed by atoms with E-state index >= 15 is 0 Å². The number of rotatable bonds is 3. The summed E-state index contributed by atoms with van der Waals surface area (Å²) in [5.41, 5.74) is 1.71. The van der Waals surface area contributed by atoms with Gasteiger partial charge in [-0.25, -0.2) is 4.79 Å². The third-order valence-corrected chi connectivity index (χ3v) is 4.16. The van der Waals surface area contributed by atoms with Crippen LogP contribution in [0.3, 0.4) is 0 Å². The fourth-order valence-corrected chi connectivity index (χ4v) is 3.16. The second-order valence-corrected chi connectivity index (χ2v) is 6.47. The predicted molar refractivity (Wildman–Crippen MR) is 106 cm³/mol. The van der Waals surface area contributed by atoms with E-state index in [0.29, 0.717) is 21.7 Å². The summed E-state index contributed by atoms with van der Waals surface area (Å²) < 4.78 is 5.15. The van der Waals surface area contributed by atoms with Crippen molar-refractivity contribution in [1.82, 2.24) is 15.3 Å². The summed E-state index contributed by atoms with van der Waals surface area (Å²) in [6.07, 6.45) is 0. The molecule has 0 atom stereocenters. The summed E-state index contributed by atoms with van der Waals surface area (Å²) in [4.78, 5) is 29.0. The zero-order chi connectivity index (χ0) is 18.8. The van der Waals surface area contributed by atoms with Crippen molar-refractivity contribution >= 4 is 63.2 Å². The highest BCUT2D eigenvalue weighted by atomic mass is 35.5. The van der Waals surface area contributed by atoms with Crippen LogP contribution in [0.5, 0.6) is 5.75 Å². The third-order valence-electron chi connectivity index (χ3n) is 3.46. The average Bonchev–Trinajstić information content (AvgIpc) is 2.93. The Kier molecular flexibility index (Phi) is 5.17. The van der Waals surface area contributed by atoms with Crippen molar-refractivity contribution in [1.29, 1.82) is 0 Å². The van der Waals surface area contributed by atoms with Gasteiger partial charge >= 0.3 is 5.69 Å².